The van der Waals surface area contributed by atoms with E-state index < -0.39 is 0 Å². The number of amides is 1. The van der Waals surface area contributed by atoms with Gasteiger partial charge in [0.2, 0.25) is 0 Å². The molecule has 0 atom stereocenters. The molecule has 2 aromatic heterocycles. The van der Waals surface area contributed by atoms with Crippen molar-refractivity contribution in [3.8, 4) is 0 Å². The summed E-state index contributed by atoms with van der Waals surface area (Å²) in [6.07, 6.45) is 1.41. The van der Waals surface area contributed by atoms with Crippen LogP contribution in [0.25, 0.3) is 0 Å². The lowest BCUT2D eigenvalue weighted by Gasteiger charge is -2.17. The third kappa shape index (κ3) is 3.11. The van der Waals surface area contributed by atoms with Crippen LogP contribution < -0.4 is 5.73 Å². The number of nitrogens with two attached hydrogens (primary N) is 1. The van der Waals surface area contributed by atoms with Crippen molar-refractivity contribution in [1.82, 2.24) is 25.1 Å². The highest BCUT2D eigenvalue weighted by Crippen LogP contribution is 2.17. The predicted octanol–water partition coefficient (Wildman–Crippen LogP) is 1.18. The lowest BCUT2D eigenvalue weighted by atomic mass is 10.1. The van der Waals surface area contributed by atoms with Crippen LogP contribution in [-0.2, 0) is 6.54 Å². The monoisotopic (exact) mass is 274 g/mol. The lowest BCUT2D eigenvalue weighted by Crippen LogP contribution is -2.27. The van der Waals surface area contributed by atoms with Crippen molar-refractivity contribution in [1.29, 1.82) is 0 Å². The molecule has 2 rings (SSSR count). The largest absolute Gasteiger partial charge is 0.384 e. The third-order valence-corrected chi connectivity index (χ3v) is 2.90. The molecule has 3 N–H and O–H groups in total. The van der Waals surface area contributed by atoms with E-state index in [0.717, 1.165) is 5.69 Å². The molecule has 106 valence electrons. The number of hydrogen-bond donors (Lipinski definition) is 2. The number of H-pyrrole nitrogens is 1. The Hall–Kier alpha value is -2.44. The minimum Gasteiger partial charge on any atom is -0.384 e. The highest BCUT2D eigenvalue weighted by Gasteiger charge is 2.16. The number of nitrogen functional groups attached to an aromatic ring is 1. The van der Waals surface area contributed by atoms with E-state index in [1.807, 2.05) is 13.8 Å². The Morgan fingerprint density at radius 1 is 1.45 bits per heavy atom. The fourth-order valence-corrected chi connectivity index (χ4v) is 1.82. The first-order valence-electron chi connectivity index (χ1n) is 6.34. The zero-order valence-corrected chi connectivity index (χ0v) is 11.8. The third-order valence-electron chi connectivity index (χ3n) is 2.90. The van der Waals surface area contributed by atoms with Gasteiger partial charge < -0.3 is 10.6 Å². The van der Waals surface area contributed by atoms with E-state index >= 15 is 0 Å². The fourth-order valence-electron chi connectivity index (χ4n) is 1.82. The summed E-state index contributed by atoms with van der Waals surface area (Å²) in [5, 5.41) is 6.48. The first-order chi connectivity index (χ1) is 9.47. The molecule has 2 aromatic rings. The van der Waals surface area contributed by atoms with Crippen LogP contribution in [0.5, 0.6) is 0 Å². The van der Waals surface area contributed by atoms with Gasteiger partial charge in [-0.1, -0.05) is 13.8 Å². The topological polar surface area (TPSA) is 101 Å². The number of carbonyl (C=O) groups is 1. The summed E-state index contributed by atoms with van der Waals surface area (Å²) in [7, 11) is 1.70. The number of hydrogen-bond acceptors (Lipinski definition) is 5. The first kappa shape index (κ1) is 14.0. The van der Waals surface area contributed by atoms with Crippen molar-refractivity contribution in [2.24, 2.45) is 0 Å². The van der Waals surface area contributed by atoms with Crippen molar-refractivity contribution in [2.75, 3.05) is 12.8 Å². The van der Waals surface area contributed by atoms with Crippen LogP contribution in [0.4, 0.5) is 5.82 Å². The SMILES string of the molecule is CC(C)c1cc(C(=O)N(C)Cc2ncn[nH]2)cc(N)n1. The molecule has 0 aromatic carbocycles. The van der Waals surface area contributed by atoms with E-state index in [2.05, 4.69) is 20.2 Å². The molecule has 2 heterocycles. The van der Waals surface area contributed by atoms with Gasteiger partial charge in [0, 0.05) is 18.3 Å². The maximum absolute atomic E-state index is 12.4. The summed E-state index contributed by atoms with van der Waals surface area (Å²) in [5.41, 5.74) is 7.10. The molecule has 0 saturated heterocycles. The molecule has 0 saturated carbocycles. The van der Waals surface area contributed by atoms with E-state index in [4.69, 9.17) is 5.73 Å². The van der Waals surface area contributed by atoms with E-state index in [0.29, 0.717) is 23.8 Å². The second-order valence-corrected chi connectivity index (χ2v) is 4.95. The Morgan fingerprint density at radius 2 is 2.20 bits per heavy atom. The Labute approximate surface area is 117 Å². The molecule has 7 nitrogen and oxygen atoms in total. The Kier molecular flexibility index (Phi) is 3.97. The highest BCUT2D eigenvalue weighted by molar-refractivity contribution is 5.94. The van der Waals surface area contributed by atoms with Crippen molar-refractivity contribution in [3.63, 3.8) is 0 Å². The Bertz CT molecular complexity index is 593. The van der Waals surface area contributed by atoms with Crippen LogP contribution in [-0.4, -0.2) is 38.0 Å². The average Bonchev–Trinajstić information content (AvgIpc) is 2.89. The van der Waals surface area contributed by atoms with Gasteiger partial charge in [0.25, 0.3) is 5.91 Å². The molecule has 7 heteroatoms. The van der Waals surface area contributed by atoms with E-state index in [9.17, 15) is 4.79 Å². The molecule has 0 radical (unpaired) electrons. The molecule has 0 spiro atoms. The summed E-state index contributed by atoms with van der Waals surface area (Å²) >= 11 is 0. The molecule has 0 fully saturated rings. The van der Waals surface area contributed by atoms with Crippen LogP contribution in [0.3, 0.4) is 0 Å². The first-order valence-corrected chi connectivity index (χ1v) is 6.34. The molecular weight excluding hydrogens is 256 g/mol. The van der Waals surface area contributed by atoms with Crippen molar-refractivity contribution >= 4 is 11.7 Å². The summed E-state index contributed by atoms with van der Waals surface area (Å²) in [6.45, 7) is 4.38. The van der Waals surface area contributed by atoms with Gasteiger partial charge in [-0.05, 0) is 18.1 Å². The quantitative estimate of drug-likeness (QED) is 0.871. The molecule has 20 heavy (non-hydrogen) atoms. The number of pyridine rings is 1. The van der Waals surface area contributed by atoms with Gasteiger partial charge in [-0.25, -0.2) is 9.97 Å². The number of rotatable bonds is 4. The van der Waals surface area contributed by atoms with Gasteiger partial charge >= 0.3 is 0 Å². The van der Waals surface area contributed by atoms with Gasteiger partial charge in [-0.15, -0.1) is 0 Å². The lowest BCUT2D eigenvalue weighted by molar-refractivity contribution is 0.0781. The van der Waals surface area contributed by atoms with Crippen LogP contribution in [0.1, 0.15) is 41.6 Å². The van der Waals surface area contributed by atoms with E-state index in [1.165, 1.54) is 6.33 Å². The molecule has 0 aliphatic carbocycles. The summed E-state index contributed by atoms with van der Waals surface area (Å²) in [5.74, 6) is 1.07. The fraction of sp³-hybridized carbons (Fsp3) is 0.385. The number of aromatic nitrogens is 4. The maximum atomic E-state index is 12.4. The molecule has 0 aliphatic rings. The predicted molar refractivity (Wildman–Crippen MR) is 74.9 cm³/mol. The molecule has 0 unspecified atom stereocenters. The smallest absolute Gasteiger partial charge is 0.254 e. The van der Waals surface area contributed by atoms with Gasteiger partial charge in [0.05, 0.1) is 6.54 Å². The zero-order chi connectivity index (χ0) is 14.7. The van der Waals surface area contributed by atoms with Crippen LogP contribution >= 0.6 is 0 Å². The van der Waals surface area contributed by atoms with Gasteiger partial charge in [-0.3, -0.25) is 9.89 Å². The second-order valence-electron chi connectivity index (χ2n) is 4.95. The second kappa shape index (κ2) is 5.68. The van der Waals surface area contributed by atoms with Gasteiger partial charge in [0.1, 0.15) is 18.0 Å². The van der Waals surface area contributed by atoms with Gasteiger partial charge in [-0.2, -0.15) is 5.10 Å². The van der Waals surface area contributed by atoms with E-state index in [-0.39, 0.29) is 11.8 Å². The average molecular weight is 274 g/mol. The Morgan fingerprint density at radius 3 is 2.80 bits per heavy atom. The van der Waals surface area contributed by atoms with Crippen molar-refractivity contribution < 1.29 is 4.79 Å². The minimum atomic E-state index is -0.127. The van der Waals surface area contributed by atoms with Crippen LogP contribution in [0, 0.1) is 0 Å². The maximum Gasteiger partial charge on any atom is 0.254 e. The number of aromatic amines is 1. The Balaban J connectivity index is 2.19. The molecule has 0 aliphatic heterocycles. The summed E-state index contributed by atoms with van der Waals surface area (Å²) < 4.78 is 0. The van der Waals surface area contributed by atoms with Crippen LogP contribution in [0.15, 0.2) is 18.5 Å². The number of nitrogens with one attached hydrogen (secondary N) is 1. The molecule has 1 amide bonds. The van der Waals surface area contributed by atoms with E-state index in [1.54, 1.807) is 24.1 Å². The zero-order valence-electron chi connectivity index (χ0n) is 11.8. The minimum absolute atomic E-state index is 0.127. The summed E-state index contributed by atoms with van der Waals surface area (Å²) in [4.78, 5) is 22.2. The number of carbonyl (C=O) groups excluding carboxylic acids is 1. The highest BCUT2D eigenvalue weighted by atomic mass is 16.2. The van der Waals surface area contributed by atoms with Crippen molar-refractivity contribution in [3.05, 3.63) is 35.5 Å². The van der Waals surface area contributed by atoms with Crippen molar-refractivity contribution in [2.45, 2.75) is 26.3 Å². The normalized spacial score (nSPS) is 10.8. The molecular formula is C13H18N6O. The number of anilines is 1. The number of nitrogens with zero attached hydrogens (tertiary/aromatic N) is 4. The standard InChI is InChI=1S/C13H18N6O/c1-8(2)10-4-9(5-11(14)17-10)13(20)19(3)6-12-15-7-16-18-12/h4-5,7-8H,6H2,1-3H3,(H2,14,17)(H,15,16,18). The van der Waals surface area contributed by atoms with Crippen LogP contribution in [0.2, 0.25) is 0 Å². The summed E-state index contributed by atoms with van der Waals surface area (Å²) in [6, 6.07) is 3.37. The van der Waals surface area contributed by atoms with Gasteiger partial charge in [0.15, 0.2) is 0 Å². The molecule has 0 bridgehead atoms.